The zero-order valence-corrected chi connectivity index (χ0v) is 13.8. The molecule has 2 nitrogen and oxygen atoms in total. The van der Waals surface area contributed by atoms with Crippen molar-refractivity contribution in [1.29, 1.82) is 0 Å². The summed E-state index contributed by atoms with van der Waals surface area (Å²) in [5, 5.41) is 6.15. The van der Waals surface area contributed by atoms with Crippen LogP contribution in [0, 0.1) is 5.41 Å². The molecule has 2 aromatic rings. The van der Waals surface area contributed by atoms with E-state index in [2.05, 4.69) is 75.5 Å². The molecule has 2 unspecified atom stereocenters. The van der Waals surface area contributed by atoms with Crippen molar-refractivity contribution in [3.63, 3.8) is 0 Å². The topological polar surface area (TPSA) is 21.3 Å². The van der Waals surface area contributed by atoms with Crippen LogP contribution in [0.5, 0.6) is 0 Å². The van der Waals surface area contributed by atoms with Crippen LogP contribution in [0.25, 0.3) is 10.8 Å². The molecule has 2 rings (SSSR count). The summed E-state index contributed by atoms with van der Waals surface area (Å²) in [4.78, 5) is 0. The highest BCUT2D eigenvalue weighted by Crippen LogP contribution is 2.33. The lowest BCUT2D eigenvalue weighted by Crippen LogP contribution is -2.41. The number of hydrogen-bond acceptors (Lipinski definition) is 2. The van der Waals surface area contributed by atoms with Crippen molar-refractivity contribution < 1.29 is 4.74 Å². The summed E-state index contributed by atoms with van der Waals surface area (Å²) >= 11 is 0. The van der Waals surface area contributed by atoms with Crippen molar-refractivity contribution in [2.45, 2.75) is 39.8 Å². The third kappa shape index (κ3) is 3.63. The molecule has 0 aliphatic rings. The summed E-state index contributed by atoms with van der Waals surface area (Å²) in [5.74, 6) is 0. The third-order valence-corrected chi connectivity index (χ3v) is 3.97. The highest BCUT2D eigenvalue weighted by atomic mass is 16.5. The normalized spacial score (nSPS) is 15.1. The molecular formula is C19H27NO. The Bertz CT molecular complexity index is 585. The molecule has 1 N–H and O–H groups in total. The standard InChI is InChI=1S/C19H27NO/c1-6-20-17(18(21-5)19(2,3)4)16-12-11-14-9-7-8-10-15(14)13-16/h7-13,17-18,20H,6H2,1-5H3. The third-order valence-electron chi connectivity index (χ3n) is 3.97. The molecule has 0 heterocycles. The smallest absolute Gasteiger partial charge is 0.0814 e. The van der Waals surface area contributed by atoms with Gasteiger partial charge in [0.2, 0.25) is 0 Å². The molecule has 2 atom stereocenters. The van der Waals surface area contributed by atoms with E-state index in [9.17, 15) is 0 Å². The molecule has 0 spiro atoms. The van der Waals surface area contributed by atoms with Crippen LogP contribution in [0.3, 0.4) is 0 Å². The van der Waals surface area contributed by atoms with Gasteiger partial charge in [-0.25, -0.2) is 0 Å². The Hall–Kier alpha value is -1.38. The lowest BCUT2D eigenvalue weighted by atomic mass is 9.81. The van der Waals surface area contributed by atoms with Gasteiger partial charge in [-0.1, -0.05) is 64.1 Å². The van der Waals surface area contributed by atoms with Crippen LogP contribution < -0.4 is 5.32 Å². The molecule has 0 aliphatic carbocycles. The second-order valence-electron chi connectivity index (χ2n) is 6.66. The number of ether oxygens (including phenoxy) is 1. The van der Waals surface area contributed by atoms with Gasteiger partial charge in [0.05, 0.1) is 12.1 Å². The van der Waals surface area contributed by atoms with Gasteiger partial charge in [-0.15, -0.1) is 0 Å². The predicted octanol–water partition coefficient (Wildman–Crippen LogP) is 4.55. The molecule has 0 saturated heterocycles. The van der Waals surface area contributed by atoms with E-state index < -0.39 is 0 Å². The van der Waals surface area contributed by atoms with E-state index in [4.69, 9.17) is 4.74 Å². The Kier molecular flexibility index (Phi) is 5.02. The minimum absolute atomic E-state index is 0.0766. The lowest BCUT2D eigenvalue weighted by molar-refractivity contribution is -0.0115. The molecule has 114 valence electrons. The van der Waals surface area contributed by atoms with E-state index in [1.807, 2.05) is 0 Å². The van der Waals surface area contributed by atoms with Gasteiger partial charge < -0.3 is 10.1 Å². The van der Waals surface area contributed by atoms with Crippen molar-refractivity contribution in [3.8, 4) is 0 Å². The van der Waals surface area contributed by atoms with Gasteiger partial charge in [0.15, 0.2) is 0 Å². The SMILES string of the molecule is CCNC(c1ccc2ccccc2c1)C(OC)C(C)(C)C. The summed E-state index contributed by atoms with van der Waals surface area (Å²) in [6.07, 6.45) is 0.124. The van der Waals surface area contributed by atoms with Crippen LogP contribution in [0.2, 0.25) is 0 Å². The van der Waals surface area contributed by atoms with Crippen molar-refractivity contribution in [3.05, 3.63) is 48.0 Å². The fraction of sp³-hybridized carbons (Fsp3) is 0.474. The molecule has 0 aliphatic heterocycles. The van der Waals surface area contributed by atoms with Crippen LogP contribution in [-0.4, -0.2) is 19.8 Å². The van der Waals surface area contributed by atoms with Crippen LogP contribution in [0.1, 0.15) is 39.3 Å². The summed E-state index contributed by atoms with van der Waals surface area (Å²) < 4.78 is 5.83. The number of benzene rings is 2. The molecule has 0 radical (unpaired) electrons. The number of fused-ring (bicyclic) bond motifs is 1. The monoisotopic (exact) mass is 285 g/mol. The maximum atomic E-state index is 5.83. The van der Waals surface area contributed by atoms with E-state index in [1.54, 1.807) is 7.11 Å². The van der Waals surface area contributed by atoms with Gasteiger partial charge in [0.25, 0.3) is 0 Å². The van der Waals surface area contributed by atoms with Gasteiger partial charge in [-0.2, -0.15) is 0 Å². The molecule has 2 heteroatoms. The summed E-state index contributed by atoms with van der Waals surface area (Å²) in [7, 11) is 1.81. The summed E-state index contributed by atoms with van der Waals surface area (Å²) in [5.41, 5.74) is 1.37. The fourth-order valence-corrected chi connectivity index (χ4v) is 3.01. The highest BCUT2D eigenvalue weighted by molar-refractivity contribution is 5.83. The number of nitrogens with one attached hydrogen (secondary N) is 1. The minimum atomic E-state index is 0.0766. The Morgan fingerprint density at radius 2 is 1.71 bits per heavy atom. The van der Waals surface area contributed by atoms with Gasteiger partial charge in [0, 0.05) is 7.11 Å². The van der Waals surface area contributed by atoms with Crippen LogP contribution in [0.4, 0.5) is 0 Å². The first-order valence-electron chi connectivity index (χ1n) is 7.72. The first-order valence-corrected chi connectivity index (χ1v) is 7.72. The van der Waals surface area contributed by atoms with E-state index >= 15 is 0 Å². The van der Waals surface area contributed by atoms with Gasteiger partial charge in [-0.3, -0.25) is 0 Å². The maximum Gasteiger partial charge on any atom is 0.0814 e. The maximum absolute atomic E-state index is 5.83. The van der Waals surface area contributed by atoms with Crippen LogP contribution in [0.15, 0.2) is 42.5 Å². The van der Waals surface area contributed by atoms with Crippen molar-refractivity contribution in [2.24, 2.45) is 5.41 Å². The predicted molar refractivity (Wildman–Crippen MR) is 90.6 cm³/mol. The highest BCUT2D eigenvalue weighted by Gasteiger charge is 2.32. The van der Waals surface area contributed by atoms with E-state index in [0.29, 0.717) is 0 Å². The quantitative estimate of drug-likeness (QED) is 0.870. The van der Waals surface area contributed by atoms with Crippen molar-refractivity contribution >= 4 is 10.8 Å². The Morgan fingerprint density at radius 1 is 1.05 bits per heavy atom. The average Bonchev–Trinajstić information content (AvgIpc) is 2.45. The first-order chi connectivity index (χ1) is 9.97. The molecule has 0 fully saturated rings. The van der Waals surface area contributed by atoms with E-state index in [-0.39, 0.29) is 17.6 Å². The first kappa shape index (κ1) is 16.0. The molecule has 21 heavy (non-hydrogen) atoms. The molecular weight excluding hydrogens is 258 g/mol. The fourth-order valence-electron chi connectivity index (χ4n) is 3.01. The number of methoxy groups -OCH3 is 1. The summed E-state index contributed by atoms with van der Waals surface area (Å²) in [6, 6.07) is 15.4. The zero-order chi connectivity index (χ0) is 15.5. The Balaban J connectivity index is 2.44. The van der Waals surface area contributed by atoms with Crippen molar-refractivity contribution in [1.82, 2.24) is 5.32 Å². The van der Waals surface area contributed by atoms with E-state index in [0.717, 1.165) is 6.54 Å². The second-order valence-corrected chi connectivity index (χ2v) is 6.66. The largest absolute Gasteiger partial charge is 0.379 e. The van der Waals surface area contributed by atoms with Crippen molar-refractivity contribution in [2.75, 3.05) is 13.7 Å². The van der Waals surface area contributed by atoms with Gasteiger partial charge in [0.1, 0.15) is 0 Å². The van der Waals surface area contributed by atoms with Crippen LogP contribution in [-0.2, 0) is 4.74 Å². The summed E-state index contributed by atoms with van der Waals surface area (Å²) in [6.45, 7) is 9.75. The molecule has 2 aromatic carbocycles. The molecule has 0 amide bonds. The van der Waals surface area contributed by atoms with Gasteiger partial charge in [-0.05, 0) is 34.4 Å². The number of likely N-dealkylation sites (N-methyl/N-ethyl adjacent to an activating group) is 1. The Morgan fingerprint density at radius 3 is 2.29 bits per heavy atom. The minimum Gasteiger partial charge on any atom is -0.379 e. The zero-order valence-electron chi connectivity index (χ0n) is 13.8. The van der Waals surface area contributed by atoms with E-state index in [1.165, 1.54) is 16.3 Å². The average molecular weight is 285 g/mol. The molecule has 0 aromatic heterocycles. The Labute approximate surface area is 128 Å². The van der Waals surface area contributed by atoms with Gasteiger partial charge >= 0.3 is 0 Å². The molecule has 0 bridgehead atoms. The number of hydrogen-bond donors (Lipinski definition) is 1. The number of rotatable bonds is 5. The van der Waals surface area contributed by atoms with Crippen LogP contribution >= 0.6 is 0 Å². The second kappa shape index (κ2) is 6.59. The lowest BCUT2D eigenvalue weighted by Gasteiger charge is -2.36. The molecule has 0 saturated carbocycles.